The van der Waals surface area contributed by atoms with E-state index >= 15 is 0 Å². The van der Waals surface area contributed by atoms with Gasteiger partial charge < -0.3 is 10.1 Å². The van der Waals surface area contributed by atoms with Gasteiger partial charge in [0.1, 0.15) is 11.3 Å². The predicted molar refractivity (Wildman–Crippen MR) is 139 cm³/mol. The van der Waals surface area contributed by atoms with Crippen molar-refractivity contribution >= 4 is 64.1 Å². The van der Waals surface area contributed by atoms with E-state index in [1.165, 1.54) is 11.0 Å². The molecule has 7 nitrogen and oxygen atoms in total. The monoisotopic (exact) mass is 505 g/mol. The minimum atomic E-state index is -0.588. The smallest absolute Gasteiger partial charge is 0.270 e. The second-order valence-electron chi connectivity index (χ2n) is 7.67. The molecule has 1 fully saturated rings. The number of benzene rings is 3. The van der Waals surface area contributed by atoms with E-state index in [0.29, 0.717) is 27.7 Å². The number of carbonyl (C=O) groups is 3. The van der Waals surface area contributed by atoms with Crippen LogP contribution in [0.25, 0.3) is 6.08 Å². The van der Waals surface area contributed by atoms with E-state index < -0.39 is 11.8 Å². The number of para-hydroxylation sites is 1. The number of nitrogens with one attached hydrogen (secondary N) is 2. The third-order valence-corrected chi connectivity index (χ3v) is 5.80. The topological polar surface area (TPSA) is 87.7 Å². The third-order valence-electron chi connectivity index (χ3n) is 5.11. The molecule has 0 aliphatic carbocycles. The Morgan fingerprint density at radius 3 is 2.60 bits per heavy atom. The second kappa shape index (κ2) is 10.5. The van der Waals surface area contributed by atoms with Crippen LogP contribution in [0.1, 0.15) is 11.1 Å². The van der Waals surface area contributed by atoms with Crippen LogP contribution in [0.2, 0.25) is 5.02 Å². The Balaban J connectivity index is 1.46. The van der Waals surface area contributed by atoms with Crippen LogP contribution >= 0.6 is 23.8 Å². The van der Waals surface area contributed by atoms with E-state index in [2.05, 4.69) is 10.6 Å². The molecule has 9 heteroatoms. The molecule has 0 unspecified atom stereocenters. The van der Waals surface area contributed by atoms with Gasteiger partial charge >= 0.3 is 0 Å². The number of hydrogen-bond acceptors (Lipinski definition) is 5. The van der Waals surface area contributed by atoms with Gasteiger partial charge in [0.25, 0.3) is 17.7 Å². The lowest BCUT2D eigenvalue weighted by atomic mass is 10.1. The second-order valence-corrected chi connectivity index (χ2v) is 8.46. The van der Waals surface area contributed by atoms with E-state index in [0.717, 1.165) is 5.56 Å². The fourth-order valence-corrected chi connectivity index (χ4v) is 3.81. The molecule has 0 atom stereocenters. The molecule has 3 aromatic carbocycles. The van der Waals surface area contributed by atoms with Gasteiger partial charge in [-0.1, -0.05) is 48.0 Å². The maximum absolute atomic E-state index is 13.1. The number of aryl methyl sites for hydroxylation is 1. The van der Waals surface area contributed by atoms with Crippen LogP contribution in [0.4, 0.5) is 11.4 Å². The lowest BCUT2D eigenvalue weighted by Gasteiger charge is -2.28. The molecule has 0 saturated carbocycles. The summed E-state index contributed by atoms with van der Waals surface area (Å²) in [5.41, 5.74) is 2.49. The molecule has 1 saturated heterocycles. The molecule has 1 heterocycles. The molecule has 4 rings (SSSR count). The van der Waals surface area contributed by atoms with Gasteiger partial charge in [-0.15, -0.1) is 0 Å². The summed E-state index contributed by atoms with van der Waals surface area (Å²) in [5, 5.41) is 5.84. The summed E-state index contributed by atoms with van der Waals surface area (Å²) in [6.45, 7) is 1.64. The summed E-state index contributed by atoms with van der Waals surface area (Å²) < 4.78 is 5.59. The van der Waals surface area contributed by atoms with Crippen LogP contribution in [0.15, 0.2) is 78.4 Å². The summed E-state index contributed by atoms with van der Waals surface area (Å²) in [5.74, 6) is -1.08. The van der Waals surface area contributed by atoms with Crippen molar-refractivity contribution in [1.29, 1.82) is 0 Å². The first-order valence-electron chi connectivity index (χ1n) is 10.6. The van der Waals surface area contributed by atoms with Gasteiger partial charge in [-0.05, 0) is 72.7 Å². The fourth-order valence-electron chi connectivity index (χ4n) is 3.35. The Kier molecular flexibility index (Phi) is 7.24. The van der Waals surface area contributed by atoms with E-state index in [9.17, 15) is 14.4 Å². The highest BCUT2D eigenvalue weighted by Gasteiger charge is 2.34. The molecule has 2 N–H and O–H groups in total. The zero-order chi connectivity index (χ0) is 24.9. The Hall–Kier alpha value is -4.01. The maximum Gasteiger partial charge on any atom is 0.270 e. The van der Waals surface area contributed by atoms with Crippen molar-refractivity contribution in [3.63, 3.8) is 0 Å². The average molecular weight is 506 g/mol. The normalized spacial score (nSPS) is 14.6. The SMILES string of the molecule is Cc1ccc(NC(=O)COc2cccc(/C=C3/C(=O)NC(=S)N(c4ccccc4)C3=O)c2)cc1Cl. The zero-order valence-electron chi connectivity index (χ0n) is 18.6. The molecule has 3 aromatic rings. The highest BCUT2D eigenvalue weighted by Crippen LogP contribution is 2.23. The summed E-state index contributed by atoms with van der Waals surface area (Å²) in [6.07, 6.45) is 1.45. The minimum Gasteiger partial charge on any atom is -0.484 e. The van der Waals surface area contributed by atoms with Crippen LogP contribution in [-0.4, -0.2) is 29.4 Å². The maximum atomic E-state index is 13.1. The van der Waals surface area contributed by atoms with Crippen molar-refractivity contribution in [1.82, 2.24) is 5.32 Å². The van der Waals surface area contributed by atoms with E-state index in [1.54, 1.807) is 60.7 Å². The number of thiocarbonyl (C=S) groups is 1. The summed E-state index contributed by atoms with van der Waals surface area (Å²) in [6, 6.07) is 20.8. The average Bonchev–Trinajstić information content (AvgIpc) is 2.84. The van der Waals surface area contributed by atoms with Crippen molar-refractivity contribution in [3.05, 3.63) is 94.5 Å². The number of nitrogens with zero attached hydrogens (tertiary/aromatic N) is 1. The lowest BCUT2D eigenvalue weighted by molar-refractivity contribution is -0.122. The first kappa shape index (κ1) is 24.1. The van der Waals surface area contributed by atoms with Gasteiger partial charge in [-0.3, -0.25) is 24.6 Å². The van der Waals surface area contributed by atoms with Crippen LogP contribution in [0.3, 0.4) is 0 Å². The molecule has 0 spiro atoms. The zero-order valence-corrected chi connectivity index (χ0v) is 20.2. The van der Waals surface area contributed by atoms with Gasteiger partial charge in [0.2, 0.25) is 0 Å². The number of rotatable bonds is 6. The predicted octanol–water partition coefficient (Wildman–Crippen LogP) is 4.50. The largest absolute Gasteiger partial charge is 0.484 e. The molecule has 0 aromatic heterocycles. The Morgan fingerprint density at radius 1 is 1.09 bits per heavy atom. The van der Waals surface area contributed by atoms with E-state index in [4.69, 9.17) is 28.6 Å². The quantitative estimate of drug-likeness (QED) is 0.292. The molecule has 0 bridgehead atoms. The fraction of sp³-hybridized carbons (Fsp3) is 0.0769. The van der Waals surface area contributed by atoms with Crippen molar-refractivity contribution in [3.8, 4) is 5.75 Å². The first-order valence-corrected chi connectivity index (χ1v) is 11.4. The summed E-state index contributed by atoms with van der Waals surface area (Å²) in [4.78, 5) is 39.1. The molecular formula is C26H20ClN3O4S. The number of amides is 3. The number of hydrogen-bond donors (Lipinski definition) is 2. The van der Waals surface area contributed by atoms with Crippen LogP contribution in [0, 0.1) is 6.92 Å². The van der Waals surface area contributed by atoms with Gasteiger partial charge in [-0.2, -0.15) is 0 Å². The van der Waals surface area contributed by atoms with Crippen molar-refractivity contribution < 1.29 is 19.1 Å². The third kappa shape index (κ3) is 5.74. The number of anilines is 2. The van der Waals surface area contributed by atoms with Gasteiger partial charge in [-0.25, -0.2) is 0 Å². The number of halogens is 1. The summed E-state index contributed by atoms with van der Waals surface area (Å²) in [7, 11) is 0. The summed E-state index contributed by atoms with van der Waals surface area (Å²) >= 11 is 11.3. The number of carbonyl (C=O) groups excluding carboxylic acids is 3. The highest BCUT2D eigenvalue weighted by molar-refractivity contribution is 7.80. The van der Waals surface area contributed by atoms with E-state index in [-0.39, 0.29) is 23.2 Å². The molecule has 0 radical (unpaired) electrons. The molecule has 176 valence electrons. The van der Waals surface area contributed by atoms with Gasteiger partial charge in [0.15, 0.2) is 11.7 Å². The van der Waals surface area contributed by atoms with Crippen LogP contribution < -0.4 is 20.3 Å². The van der Waals surface area contributed by atoms with Gasteiger partial charge in [0, 0.05) is 10.7 Å². The molecule has 1 aliphatic heterocycles. The number of ether oxygens (including phenoxy) is 1. The van der Waals surface area contributed by atoms with E-state index in [1.807, 2.05) is 19.1 Å². The van der Waals surface area contributed by atoms with Crippen LogP contribution in [0.5, 0.6) is 5.75 Å². The van der Waals surface area contributed by atoms with Crippen molar-refractivity contribution in [2.45, 2.75) is 6.92 Å². The molecule has 35 heavy (non-hydrogen) atoms. The Labute approximate surface area is 212 Å². The minimum absolute atomic E-state index is 0.0151. The Bertz CT molecular complexity index is 1360. The standard InChI is InChI=1S/C26H20ClN3O4S/c1-16-10-11-18(14-22(16)27)28-23(31)15-34-20-9-5-6-17(12-20)13-21-24(32)29-26(35)30(25(21)33)19-7-3-2-4-8-19/h2-14H,15H2,1H3,(H,28,31)(H,29,32,35)/b21-13-. The molecule has 3 amide bonds. The highest BCUT2D eigenvalue weighted by atomic mass is 35.5. The van der Waals surface area contributed by atoms with Crippen molar-refractivity contribution in [2.75, 3.05) is 16.8 Å². The molecule has 1 aliphatic rings. The van der Waals surface area contributed by atoms with Gasteiger partial charge in [0.05, 0.1) is 5.69 Å². The lowest BCUT2D eigenvalue weighted by Crippen LogP contribution is -2.54. The van der Waals surface area contributed by atoms with Crippen molar-refractivity contribution in [2.24, 2.45) is 0 Å². The Morgan fingerprint density at radius 2 is 1.86 bits per heavy atom. The molecular weight excluding hydrogens is 486 g/mol. The first-order chi connectivity index (χ1) is 16.8. The van der Waals surface area contributed by atoms with Crippen LogP contribution in [-0.2, 0) is 14.4 Å².